The molecule has 2 aliphatic heterocycles. The average molecular weight is 415 g/mol. The molecular weight excluding hydrogens is 390 g/mol. The molecule has 4 rings (SSSR count). The molecule has 9 nitrogen and oxygen atoms in total. The van der Waals surface area contributed by atoms with Gasteiger partial charge < -0.3 is 14.4 Å². The van der Waals surface area contributed by atoms with Crippen molar-refractivity contribution in [1.82, 2.24) is 14.7 Å². The Morgan fingerprint density at radius 3 is 2.50 bits per heavy atom. The first-order valence-corrected chi connectivity index (χ1v) is 10.3. The summed E-state index contributed by atoms with van der Waals surface area (Å²) in [6.45, 7) is 2.26. The van der Waals surface area contributed by atoms with Crippen LogP contribution in [0.4, 0.5) is 4.79 Å². The van der Waals surface area contributed by atoms with Crippen molar-refractivity contribution in [1.29, 1.82) is 0 Å². The first-order chi connectivity index (χ1) is 14.5. The molecule has 30 heavy (non-hydrogen) atoms. The number of para-hydroxylation sites is 2. The summed E-state index contributed by atoms with van der Waals surface area (Å²) in [7, 11) is 0. The topological polar surface area (TPSA) is 96.5 Å². The van der Waals surface area contributed by atoms with Crippen molar-refractivity contribution in [3.8, 4) is 11.5 Å². The third kappa shape index (κ3) is 3.71. The van der Waals surface area contributed by atoms with Gasteiger partial charge in [-0.2, -0.15) is 0 Å². The Balaban J connectivity index is 1.39. The van der Waals surface area contributed by atoms with Gasteiger partial charge in [0.05, 0.1) is 6.54 Å². The molecule has 2 fully saturated rings. The van der Waals surface area contributed by atoms with E-state index in [0.29, 0.717) is 30.9 Å². The minimum Gasteiger partial charge on any atom is -0.486 e. The van der Waals surface area contributed by atoms with Gasteiger partial charge in [0.1, 0.15) is 13.2 Å². The Morgan fingerprint density at radius 2 is 1.80 bits per heavy atom. The molecule has 160 valence electrons. The van der Waals surface area contributed by atoms with Crippen LogP contribution in [0.2, 0.25) is 0 Å². The van der Waals surface area contributed by atoms with Crippen molar-refractivity contribution in [2.24, 2.45) is 0 Å². The summed E-state index contributed by atoms with van der Waals surface area (Å²) < 4.78 is 11.6. The number of likely N-dealkylation sites (N-methyl/N-ethyl adjacent to an activating group) is 1. The number of carbonyl (C=O) groups excluding carboxylic acids is 4. The van der Waals surface area contributed by atoms with Gasteiger partial charge in [0.2, 0.25) is 5.91 Å². The predicted octanol–water partition coefficient (Wildman–Crippen LogP) is 1.41. The SMILES string of the molecule is CCN(C[C@H]1COc2ccccc2O1)C(=O)CN1C(=O)C(=O)N(C2CCCC2)C1=O. The number of amides is 5. The number of ether oxygens (including phenoxy) is 2. The van der Waals surface area contributed by atoms with Crippen LogP contribution in [0.25, 0.3) is 0 Å². The Labute approximate surface area is 174 Å². The standard InChI is InChI=1S/C21H25N3O6/c1-2-22(11-15-13-29-16-9-5-6-10-17(16)30-15)18(25)12-23-19(26)20(27)24(21(23)28)14-7-3-4-8-14/h5-6,9-10,14-15H,2-4,7-8,11-13H2,1H3/t15-/m0/s1. The van der Waals surface area contributed by atoms with Gasteiger partial charge in [-0.3, -0.25) is 19.3 Å². The second-order valence-electron chi connectivity index (χ2n) is 7.72. The maximum atomic E-state index is 12.8. The van der Waals surface area contributed by atoms with Gasteiger partial charge in [0.25, 0.3) is 0 Å². The van der Waals surface area contributed by atoms with Gasteiger partial charge in [0.15, 0.2) is 17.6 Å². The highest BCUT2D eigenvalue weighted by molar-refractivity contribution is 6.45. The fourth-order valence-electron chi connectivity index (χ4n) is 4.19. The van der Waals surface area contributed by atoms with Crippen LogP contribution in [0.3, 0.4) is 0 Å². The van der Waals surface area contributed by atoms with E-state index in [9.17, 15) is 19.2 Å². The molecule has 0 spiro atoms. The molecule has 1 aromatic carbocycles. The van der Waals surface area contributed by atoms with Crippen molar-refractivity contribution in [2.45, 2.75) is 44.8 Å². The Bertz CT molecular complexity index is 866. The van der Waals surface area contributed by atoms with Crippen LogP contribution in [0.1, 0.15) is 32.6 Å². The number of imide groups is 2. The fraction of sp³-hybridized carbons (Fsp3) is 0.524. The van der Waals surface area contributed by atoms with E-state index in [4.69, 9.17) is 9.47 Å². The molecule has 1 atom stereocenters. The van der Waals surface area contributed by atoms with Crippen LogP contribution in [0.5, 0.6) is 11.5 Å². The molecule has 1 aliphatic carbocycles. The van der Waals surface area contributed by atoms with Crippen LogP contribution in [0, 0.1) is 0 Å². The van der Waals surface area contributed by atoms with Crippen molar-refractivity contribution in [3.63, 3.8) is 0 Å². The van der Waals surface area contributed by atoms with Crippen molar-refractivity contribution in [2.75, 3.05) is 26.2 Å². The van der Waals surface area contributed by atoms with E-state index in [1.54, 1.807) is 13.0 Å². The lowest BCUT2D eigenvalue weighted by molar-refractivity contribution is -0.145. The first-order valence-electron chi connectivity index (χ1n) is 10.3. The van der Waals surface area contributed by atoms with E-state index < -0.39 is 30.3 Å². The maximum Gasteiger partial charge on any atom is 0.334 e. The molecule has 0 bridgehead atoms. The van der Waals surface area contributed by atoms with Crippen LogP contribution >= 0.6 is 0 Å². The van der Waals surface area contributed by atoms with Gasteiger partial charge >= 0.3 is 17.8 Å². The quantitative estimate of drug-likeness (QED) is 0.515. The largest absolute Gasteiger partial charge is 0.486 e. The highest BCUT2D eigenvalue weighted by Gasteiger charge is 2.48. The lowest BCUT2D eigenvalue weighted by atomic mass is 10.2. The molecule has 1 saturated heterocycles. The monoisotopic (exact) mass is 415 g/mol. The van der Waals surface area contributed by atoms with Gasteiger partial charge in [-0.15, -0.1) is 0 Å². The lowest BCUT2D eigenvalue weighted by Gasteiger charge is -2.31. The third-order valence-corrected chi connectivity index (χ3v) is 5.79. The maximum absolute atomic E-state index is 12.8. The van der Waals surface area contributed by atoms with E-state index in [-0.39, 0.29) is 25.3 Å². The highest BCUT2D eigenvalue weighted by atomic mass is 16.6. The van der Waals surface area contributed by atoms with Crippen molar-refractivity contribution in [3.05, 3.63) is 24.3 Å². The summed E-state index contributed by atoms with van der Waals surface area (Å²) in [4.78, 5) is 53.5. The first kappa shape index (κ1) is 20.2. The smallest absolute Gasteiger partial charge is 0.334 e. The number of nitrogens with zero attached hydrogens (tertiary/aromatic N) is 3. The van der Waals surface area contributed by atoms with E-state index in [2.05, 4.69) is 0 Å². The number of rotatable bonds is 6. The van der Waals surface area contributed by atoms with Gasteiger partial charge in [-0.1, -0.05) is 25.0 Å². The lowest BCUT2D eigenvalue weighted by Crippen LogP contribution is -2.48. The van der Waals surface area contributed by atoms with Gasteiger partial charge in [-0.05, 0) is 31.9 Å². The Morgan fingerprint density at radius 1 is 1.10 bits per heavy atom. The van der Waals surface area contributed by atoms with Crippen LogP contribution in [-0.2, 0) is 14.4 Å². The number of hydrogen-bond acceptors (Lipinski definition) is 6. The number of fused-ring (bicyclic) bond motifs is 1. The Kier molecular flexibility index (Phi) is 5.61. The highest BCUT2D eigenvalue weighted by Crippen LogP contribution is 2.31. The molecule has 3 aliphatic rings. The normalized spacial score (nSPS) is 21.5. The Hall–Kier alpha value is -3.10. The molecule has 1 saturated carbocycles. The van der Waals surface area contributed by atoms with E-state index in [1.165, 1.54) is 4.90 Å². The summed E-state index contributed by atoms with van der Waals surface area (Å²) in [6.07, 6.45) is 2.88. The molecule has 9 heteroatoms. The van der Waals surface area contributed by atoms with E-state index >= 15 is 0 Å². The molecule has 2 heterocycles. The predicted molar refractivity (Wildman–Crippen MR) is 105 cm³/mol. The molecular formula is C21H25N3O6. The minimum atomic E-state index is -0.928. The van der Waals surface area contributed by atoms with Crippen molar-refractivity contribution < 1.29 is 28.7 Å². The third-order valence-electron chi connectivity index (χ3n) is 5.79. The van der Waals surface area contributed by atoms with E-state index in [1.807, 2.05) is 18.2 Å². The number of urea groups is 1. The molecule has 0 unspecified atom stereocenters. The zero-order valence-corrected chi connectivity index (χ0v) is 16.9. The number of hydrogen-bond donors (Lipinski definition) is 0. The van der Waals surface area contributed by atoms with Gasteiger partial charge in [0, 0.05) is 12.6 Å². The fourth-order valence-corrected chi connectivity index (χ4v) is 4.19. The minimum absolute atomic E-state index is 0.246. The molecule has 0 N–H and O–H groups in total. The summed E-state index contributed by atoms with van der Waals surface area (Å²) in [6, 6.07) is 6.36. The molecule has 1 aromatic rings. The van der Waals surface area contributed by atoms with Crippen LogP contribution < -0.4 is 9.47 Å². The second kappa shape index (κ2) is 8.33. The van der Waals surface area contributed by atoms with Crippen LogP contribution in [0.15, 0.2) is 24.3 Å². The van der Waals surface area contributed by atoms with Crippen LogP contribution in [-0.4, -0.2) is 76.8 Å². The molecule has 5 amide bonds. The average Bonchev–Trinajstić information content (AvgIpc) is 3.35. The summed E-state index contributed by atoms with van der Waals surface area (Å²) >= 11 is 0. The second-order valence-corrected chi connectivity index (χ2v) is 7.72. The number of benzene rings is 1. The summed E-state index contributed by atoms with van der Waals surface area (Å²) in [5.74, 6) is -0.907. The molecule has 0 radical (unpaired) electrons. The zero-order chi connectivity index (χ0) is 21.3. The van der Waals surface area contributed by atoms with Gasteiger partial charge in [-0.25, -0.2) is 9.69 Å². The summed E-state index contributed by atoms with van der Waals surface area (Å²) in [5.41, 5.74) is 0. The van der Waals surface area contributed by atoms with Crippen molar-refractivity contribution >= 4 is 23.8 Å². The zero-order valence-electron chi connectivity index (χ0n) is 16.9. The summed E-state index contributed by atoms with van der Waals surface area (Å²) in [5, 5.41) is 0. The number of carbonyl (C=O) groups is 4. The molecule has 0 aromatic heterocycles. The van der Waals surface area contributed by atoms with E-state index in [0.717, 1.165) is 22.6 Å².